The van der Waals surface area contributed by atoms with Gasteiger partial charge in [-0.1, -0.05) is 49.9 Å². The fourth-order valence-corrected chi connectivity index (χ4v) is 3.31. The van der Waals surface area contributed by atoms with Gasteiger partial charge in [0.25, 0.3) is 0 Å². The average molecular weight is 257 g/mol. The second-order valence-corrected chi connectivity index (χ2v) is 5.76. The zero-order chi connectivity index (χ0) is 13.1. The van der Waals surface area contributed by atoms with Crippen LogP contribution in [0.3, 0.4) is 0 Å². The summed E-state index contributed by atoms with van der Waals surface area (Å²) in [5.41, 5.74) is 5.70. The lowest BCUT2D eigenvalue weighted by atomic mass is 9.77. The Morgan fingerprint density at radius 1 is 1.11 bits per heavy atom. The van der Waals surface area contributed by atoms with Crippen molar-refractivity contribution in [2.75, 3.05) is 0 Å². The number of hydrazine groups is 1. The molecule has 3 N–H and O–H groups in total. The van der Waals surface area contributed by atoms with E-state index in [4.69, 9.17) is 10.8 Å². The molecule has 0 bridgehead atoms. The van der Waals surface area contributed by atoms with Crippen molar-refractivity contribution in [3.63, 3.8) is 0 Å². The Kier molecular flexibility index (Phi) is 3.83. The molecule has 0 aliphatic heterocycles. The molecule has 0 heterocycles. The molecule has 0 amide bonds. The normalized spacial score (nSPS) is 24.3. The lowest BCUT2D eigenvalue weighted by Gasteiger charge is -2.31. The van der Waals surface area contributed by atoms with Crippen LogP contribution in [0.25, 0.3) is 0 Å². The number of rotatable bonds is 2. The third-order valence-corrected chi connectivity index (χ3v) is 4.48. The summed E-state index contributed by atoms with van der Waals surface area (Å²) in [5.74, 6) is 7.10. The monoisotopic (exact) mass is 257 g/mol. The van der Waals surface area contributed by atoms with Gasteiger partial charge in [0.2, 0.25) is 0 Å². The van der Waals surface area contributed by atoms with Crippen LogP contribution in [-0.2, 0) is 6.42 Å². The number of nitrogens with zero attached hydrogens (tertiary/aromatic N) is 1. The molecule has 1 saturated carbocycles. The van der Waals surface area contributed by atoms with E-state index in [-0.39, 0.29) is 0 Å². The van der Waals surface area contributed by atoms with E-state index in [1.165, 1.54) is 49.7 Å². The highest BCUT2D eigenvalue weighted by atomic mass is 15.3. The van der Waals surface area contributed by atoms with E-state index in [9.17, 15) is 0 Å². The summed E-state index contributed by atoms with van der Waals surface area (Å²) < 4.78 is 0. The second kappa shape index (κ2) is 5.74. The molecule has 0 saturated heterocycles. The van der Waals surface area contributed by atoms with Crippen LogP contribution in [0.4, 0.5) is 0 Å². The molecule has 1 fully saturated rings. The molecule has 3 nitrogen and oxygen atoms in total. The molecular weight excluding hydrogens is 234 g/mol. The molecule has 2 aliphatic rings. The smallest absolute Gasteiger partial charge is 0.119 e. The van der Waals surface area contributed by atoms with Gasteiger partial charge in [0.15, 0.2) is 0 Å². The van der Waals surface area contributed by atoms with E-state index in [0.717, 1.165) is 12.3 Å². The zero-order valence-electron chi connectivity index (χ0n) is 11.4. The summed E-state index contributed by atoms with van der Waals surface area (Å²) in [7, 11) is 0. The van der Waals surface area contributed by atoms with Crippen LogP contribution in [0.2, 0.25) is 0 Å². The molecule has 1 aromatic rings. The van der Waals surface area contributed by atoms with Crippen molar-refractivity contribution < 1.29 is 0 Å². The first-order valence-electron chi connectivity index (χ1n) is 7.50. The molecule has 1 aromatic carbocycles. The number of fused-ring (bicyclic) bond motifs is 1. The van der Waals surface area contributed by atoms with E-state index in [1.807, 2.05) is 0 Å². The summed E-state index contributed by atoms with van der Waals surface area (Å²) in [6.45, 7) is 0. The number of hydrogen-bond acceptors (Lipinski definition) is 2. The highest BCUT2D eigenvalue weighted by molar-refractivity contribution is 5.91. The van der Waals surface area contributed by atoms with Gasteiger partial charge in [0.05, 0.1) is 6.04 Å². The number of aliphatic imine (C=N–C) groups is 1. The van der Waals surface area contributed by atoms with Crippen LogP contribution in [-0.4, -0.2) is 11.9 Å². The van der Waals surface area contributed by atoms with Crippen molar-refractivity contribution in [1.82, 2.24) is 5.43 Å². The first-order chi connectivity index (χ1) is 9.38. The first-order valence-corrected chi connectivity index (χ1v) is 7.50. The maximum Gasteiger partial charge on any atom is 0.119 e. The molecule has 3 rings (SSSR count). The molecular formula is C16H23N3. The largest absolute Gasteiger partial charge is 0.312 e. The number of nitrogens with two attached hydrogens (primary N) is 1. The van der Waals surface area contributed by atoms with E-state index in [0.29, 0.717) is 12.0 Å². The third-order valence-electron chi connectivity index (χ3n) is 4.48. The Labute approximate surface area is 115 Å². The van der Waals surface area contributed by atoms with Gasteiger partial charge in [-0.3, -0.25) is 4.99 Å². The topological polar surface area (TPSA) is 50.4 Å². The highest BCUT2D eigenvalue weighted by Crippen LogP contribution is 2.35. The standard InChI is InChI=1S/C16H23N3/c17-19-16(18-13-8-3-1-2-4-9-13)15-11-12-7-5-6-10-14(12)15/h5-7,10,13,15H,1-4,8-9,11,17H2,(H,18,19). The second-order valence-electron chi connectivity index (χ2n) is 5.76. The van der Waals surface area contributed by atoms with Gasteiger partial charge in [-0.2, -0.15) is 0 Å². The van der Waals surface area contributed by atoms with Crippen LogP contribution in [0.15, 0.2) is 29.3 Å². The maximum atomic E-state index is 5.72. The van der Waals surface area contributed by atoms with Crippen LogP contribution in [0.1, 0.15) is 55.6 Å². The Morgan fingerprint density at radius 3 is 2.53 bits per heavy atom. The number of benzene rings is 1. The van der Waals surface area contributed by atoms with E-state index in [2.05, 4.69) is 29.7 Å². The quantitative estimate of drug-likeness (QED) is 0.281. The highest BCUT2D eigenvalue weighted by Gasteiger charge is 2.30. The van der Waals surface area contributed by atoms with Crippen molar-refractivity contribution in [2.24, 2.45) is 10.8 Å². The SMILES string of the molecule is NNC(=NC1CCCCCC1)C1Cc2ccccc21. The molecule has 2 aliphatic carbocycles. The third kappa shape index (κ3) is 2.66. The van der Waals surface area contributed by atoms with E-state index in [1.54, 1.807) is 0 Å². The fraction of sp³-hybridized carbons (Fsp3) is 0.562. The number of amidine groups is 1. The van der Waals surface area contributed by atoms with Crippen molar-refractivity contribution >= 4 is 5.84 Å². The van der Waals surface area contributed by atoms with Gasteiger partial charge in [-0.05, 0) is 30.4 Å². The van der Waals surface area contributed by atoms with Gasteiger partial charge in [0.1, 0.15) is 5.84 Å². The molecule has 3 heteroatoms. The maximum absolute atomic E-state index is 5.72. The van der Waals surface area contributed by atoms with Crippen molar-refractivity contribution in [1.29, 1.82) is 0 Å². The summed E-state index contributed by atoms with van der Waals surface area (Å²) >= 11 is 0. The Hall–Kier alpha value is -1.35. The summed E-state index contributed by atoms with van der Waals surface area (Å²) in [6, 6.07) is 9.08. The van der Waals surface area contributed by atoms with Gasteiger partial charge in [0, 0.05) is 5.92 Å². The minimum absolute atomic E-state index is 0.393. The molecule has 0 radical (unpaired) electrons. The van der Waals surface area contributed by atoms with Gasteiger partial charge < -0.3 is 5.43 Å². The van der Waals surface area contributed by atoms with Crippen molar-refractivity contribution in [3.8, 4) is 0 Å². The summed E-state index contributed by atoms with van der Waals surface area (Å²) in [6.07, 6.45) is 8.87. The van der Waals surface area contributed by atoms with Gasteiger partial charge in [-0.25, -0.2) is 5.84 Å². The zero-order valence-corrected chi connectivity index (χ0v) is 11.4. The molecule has 1 unspecified atom stereocenters. The molecule has 1 atom stereocenters. The van der Waals surface area contributed by atoms with Crippen molar-refractivity contribution in [2.45, 2.75) is 56.9 Å². The Morgan fingerprint density at radius 2 is 1.84 bits per heavy atom. The van der Waals surface area contributed by atoms with Crippen molar-refractivity contribution in [3.05, 3.63) is 35.4 Å². The lowest BCUT2D eigenvalue weighted by Crippen LogP contribution is -2.40. The van der Waals surface area contributed by atoms with E-state index >= 15 is 0 Å². The van der Waals surface area contributed by atoms with Crippen LogP contribution in [0.5, 0.6) is 0 Å². The predicted molar refractivity (Wildman–Crippen MR) is 79.1 cm³/mol. The Bertz CT molecular complexity index is 459. The lowest BCUT2D eigenvalue weighted by molar-refractivity contribution is 0.575. The van der Waals surface area contributed by atoms with Gasteiger partial charge >= 0.3 is 0 Å². The minimum atomic E-state index is 0.393. The first kappa shape index (κ1) is 12.7. The number of nitrogens with one attached hydrogen (secondary N) is 1. The summed E-state index contributed by atoms with van der Waals surface area (Å²) in [4.78, 5) is 4.92. The molecule has 19 heavy (non-hydrogen) atoms. The minimum Gasteiger partial charge on any atom is -0.312 e. The van der Waals surface area contributed by atoms with Crippen LogP contribution < -0.4 is 11.3 Å². The van der Waals surface area contributed by atoms with E-state index < -0.39 is 0 Å². The molecule has 102 valence electrons. The fourth-order valence-electron chi connectivity index (χ4n) is 3.31. The van der Waals surface area contributed by atoms with Crippen LogP contribution >= 0.6 is 0 Å². The Balaban J connectivity index is 1.74. The number of hydrogen-bond donors (Lipinski definition) is 2. The summed E-state index contributed by atoms with van der Waals surface area (Å²) in [5, 5.41) is 0. The molecule has 0 spiro atoms. The predicted octanol–water partition coefficient (Wildman–Crippen LogP) is 2.91. The average Bonchev–Trinajstić information content (AvgIpc) is 2.67. The van der Waals surface area contributed by atoms with Crippen LogP contribution in [0, 0.1) is 0 Å². The molecule has 0 aromatic heterocycles. The van der Waals surface area contributed by atoms with Gasteiger partial charge in [-0.15, -0.1) is 0 Å².